The zero-order chi connectivity index (χ0) is 15.1. The highest BCUT2D eigenvalue weighted by Crippen LogP contribution is 2.29. The van der Waals surface area contributed by atoms with E-state index in [2.05, 4.69) is 34.7 Å². The molecule has 0 unspecified atom stereocenters. The van der Waals surface area contributed by atoms with E-state index in [1.165, 1.54) is 37.0 Å². The van der Waals surface area contributed by atoms with Crippen LogP contribution in [0.3, 0.4) is 0 Å². The Labute approximate surface area is 130 Å². The van der Waals surface area contributed by atoms with Crippen LogP contribution in [-0.4, -0.2) is 29.2 Å². The van der Waals surface area contributed by atoms with Crippen molar-refractivity contribution in [1.29, 1.82) is 0 Å². The van der Waals surface area contributed by atoms with E-state index in [9.17, 15) is 4.79 Å². The molecule has 0 aromatic carbocycles. The third-order valence-electron chi connectivity index (χ3n) is 4.12. The first-order valence-electron chi connectivity index (χ1n) is 8.04. The second kappa shape index (κ2) is 8.32. The highest BCUT2D eigenvalue weighted by molar-refractivity contribution is 7.17. The lowest BCUT2D eigenvalue weighted by molar-refractivity contribution is 0.0948. The molecule has 0 radical (unpaired) electrons. The van der Waals surface area contributed by atoms with Gasteiger partial charge in [-0.25, -0.2) is 0 Å². The minimum absolute atomic E-state index is 0.0961. The monoisotopic (exact) mass is 310 g/mol. The van der Waals surface area contributed by atoms with Crippen molar-refractivity contribution in [2.45, 2.75) is 52.4 Å². The molecule has 1 saturated carbocycles. The van der Waals surface area contributed by atoms with Crippen molar-refractivity contribution in [1.82, 2.24) is 15.5 Å². The van der Waals surface area contributed by atoms with Crippen LogP contribution in [0.1, 0.15) is 62.2 Å². The van der Waals surface area contributed by atoms with E-state index >= 15 is 0 Å². The van der Waals surface area contributed by atoms with Crippen molar-refractivity contribution in [3.05, 3.63) is 5.01 Å². The summed E-state index contributed by atoms with van der Waals surface area (Å²) in [6.07, 6.45) is 7.39. The largest absolute Gasteiger partial charge is 0.360 e. The molecule has 1 amide bonds. The van der Waals surface area contributed by atoms with Crippen LogP contribution in [0.15, 0.2) is 0 Å². The molecular weight excluding hydrogens is 284 g/mol. The number of aromatic nitrogens is 2. The van der Waals surface area contributed by atoms with Gasteiger partial charge in [0, 0.05) is 13.1 Å². The van der Waals surface area contributed by atoms with Gasteiger partial charge in [0.15, 0.2) is 0 Å². The summed E-state index contributed by atoms with van der Waals surface area (Å²) in [5, 5.41) is 15.2. The molecule has 21 heavy (non-hydrogen) atoms. The van der Waals surface area contributed by atoms with E-state index in [1.54, 1.807) is 0 Å². The summed E-state index contributed by atoms with van der Waals surface area (Å²) in [4.78, 5) is 12.0. The zero-order valence-electron chi connectivity index (χ0n) is 13.0. The Morgan fingerprint density at radius 1 is 1.24 bits per heavy atom. The minimum Gasteiger partial charge on any atom is -0.360 e. The molecule has 0 bridgehead atoms. The number of carbonyl (C=O) groups excluding carboxylic acids is 1. The molecule has 0 atom stereocenters. The number of hydrogen-bond donors (Lipinski definition) is 2. The summed E-state index contributed by atoms with van der Waals surface area (Å²) >= 11 is 1.32. The molecule has 118 valence electrons. The predicted octanol–water partition coefficient (Wildman–Crippen LogP) is 3.31. The number of carbonyl (C=O) groups is 1. The first-order valence-corrected chi connectivity index (χ1v) is 8.86. The van der Waals surface area contributed by atoms with Crippen LogP contribution in [0.4, 0.5) is 5.13 Å². The Bertz CT molecular complexity index is 441. The van der Waals surface area contributed by atoms with Crippen LogP contribution in [0.2, 0.25) is 0 Å². The summed E-state index contributed by atoms with van der Waals surface area (Å²) < 4.78 is 0. The summed E-state index contributed by atoms with van der Waals surface area (Å²) in [6.45, 7) is 6.02. The third kappa shape index (κ3) is 5.26. The molecule has 6 heteroatoms. The highest BCUT2D eigenvalue weighted by Gasteiger charge is 2.18. The average molecular weight is 310 g/mol. The van der Waals surface area contributed by atoms with Gasteiger partial charge in [0.25, 0.3) is 5.91 Å². The van der Waals surface area contributed by atoms with Crippen molar-refractivity contribution in [2.24, 2.45) is 11.8 Å². The molecule has 2 rings (SSSR count). The molecule has 0 saturated heterocycles. The summed E-state index contributed by atoms with van der Waals surface area (Å²) in [5.74, 6) is 1.56. The van der Waals surface area contributed by atoms with Crippen molar-refractivity contribution in [3.63, 3.8) is 0 Å². The second-order valence-electron chi connectivity index (χ2n) is 6.01. The van der Waals surface area contributed by atoms with Gasteiger partial charge in [0.1, 0.15) is 0 Å². The Kier molecular flexibility index (Phi) is 6.42. The molecule has 1 aliphatic carbocycles. The smallest absolute Gasteiger partial charge is 0.282 e. The van der Waals surface area contributed by atoms with E-state index in [1.807, 2.05) is 0 Å². The van der Waals surface area contributed by atoms with E-state index in [0.29, 0.717) is 5.01 Å². The van der Waals surface area contributed by atoms with Gasteiger partial charge in [-0.05, 0) is 24.7 Å². The number of nitrogens with zero attached hydrogens (tertiary/aromatic N) is 2. The summed E-state index contributed by atoms with van der Waals surface area (Å²) in [6, 6.07) is 0. The average Bonchev–Trinajstić information content (AvgIpc) is 2.96. The molecule has 1 aromatic heterocycles. The molecule has 1 aromatic rings. The number of rotatable bonds is 7. The SMILES string of the molecule is CCCNc1nnc(C(=O)NCCC2CCC(C)CC2)s1. The lowest BCUT2D eigenvalue weighted by Gasteiger charge is -2.25. The normalized spacial score (nSPS) is 22.0. The van der Waals surface area contributed by atoms with Gasteiger partial charge in [-0.1, -0.05) is 50.9 Å². The quantitative estimate of drug-likeness (QED) is 0.811. The van der Waals surface area contributed by atoms with E-state index in [4.69, 9.17) is 0 Å². The van der Waals surface area contributed by atoms with E-state index in [-0.39, 0.29) is 5.91 Å². The Balaban J connectivity index is 1.68. The van der Waals surface area contributed by atoms with Gasteiger partial charge >= 0.3 is 0 Å². The molecule has 0 spiro atoms. The van der Waals surface area contributed by atoms with Crippen molar-refractivity contribution < 1.29 is 4.79 Å². The number of hydrogen-bond acceptors (Lipinski definition) is 5. The van der Waals surface area contributed by atoms with Crippen molar-refractivity contribution in [3.8, 4) is 0 Å². The maximum Gasteiger partial charge on any atom is 0.282 e. The van der Waals surface area contributed by atoms with Crippen LogP contribution in [0.5, 0.6) is 0 Å². The van der Waals surface area contributed by atoms with Gasteiger partial charge < -0.3 is 10.6 Å². The minimum atomic E-state index is -0.0961. The molecule has 0 aliphatic heterocycles. The fourth-order valence-electron chi connectivity index (χ4n) is 2.70. The molecule has 2 N–H and O–H groups in total. The van der Waals surface area contributed by atoms with Crippen molar-refractivity contribution in [2.75, 3.05) is 18.4 Å². The highest BCUT2D eigenvalue weighted by atomic mass is 32.1. The fraction of sp³-hybridized carbons (Fsp3) is 0.800. The van der Waals surface area contributed by atoms with Gasteiger partial charge in [-0.2, -0.15) is 0 Å². The third-order valence-corrected chi connectivity index (χ3v) is 5.00. The van der Waals surface area contributed by atoms with Gasteiger partial charge in [-0.15, -0.1) is 10.2 Å². The molecular formula is C15H26N4OS. The molecule has 1 heterocycles. The number of nitrogens with one attached hydrogen (secondary N) is 2. The number of anilines is 1. The van der Waals surface area contributed by atoms with Crippen LogP contribution in [0.25, 0.3) is 0 Å². The van der Waals surface area contributed by atoms with Crippen LogP contribution < -0.4 is 10.6 Å². The van der Waals surface area contributed by atoms with E-state index < -0.39 is 0 Å². The molecule has 5 nitrogen and oxygen atoms in total. The molecule has 1 aliphatic rings. The Morgan fingerprint density at radius 3 is 2.71 bits per heavy atom. The topological polar surface area (TPSA) is 66.9 Å². The Morgan fingerprint density at radius 2 is 2.00 bits per heavy atom. The predicted molar refractivity (Wildman–Crippen MR) is 86.8 cm³/mol. The lowest BCUT2D eigenvalue weighted by atomic mass is 9.81. The standard InChI is InChI=1S/C15H26N4OS/c1-3-9-17-15-19-18-14(21-15)13(20)16-10-8-12-6-4-11(2)5-7-12/h11-12H,3-10H2,1-2H3,(H,16,20)(H,17,19). The van der Waals surface area contributed by atoms with E-state index in [0.717, 1.165) is 42.9 Å². The van der Waals surface area contributed by atoms with Crippen LogP contribution in [-0.2, 0) is 0 Å². The summed E-state index contributed by atoms with van der Waals surface area (Å²) in [5.41, 5.74) is 0. The second-order valence-corrected chi connectivity index (χ2v) is 6.99. The number of amides is 1. The molecule has 1 fully saturated rings. The van der Waals surface area contributed by atoms with Crippen molar-refractivity contribution >= 4 is 22.4 Å². The zero-order valence-corrected chi connectivity index (χ0v) is 13.8. The summed E-state index contributed by atoms with van der Waals surface area (Å²) in [7, 11) is 0. The first kappa shape index (κ1) is 16.2. The maximum absolute atomic E-state index is 12.0. The maximum atomic E-state index is 12.0. The van der Waals surface area contributed by atoms with Crippen LogP contribution >= 0.6 is 11.3 Å². The lowest BCUT2D eigenvalue weighted by Crippen LogP contribution is -2.26. The van der Waals surface area contributed by atoms with Crippen LogP contribution in [0, 0.1) is 11.8 Å². The first-order chi connectivity index (χ1) is 10.2. The van der Waals surface area contributed by atoms with Gasteiger partial charge in [-0.3, -0.25) is 4.79 Å². The fourth-order valence-corrected chi connectivity index (χ4v) is 3.39. The Hall–Kier alpha value is -1.17. The van der Waals surface area contributed by atoms with Gasteiger partial charge in [0.05, 0.1) is 0 Å². The van der Waals surface area contributed by atoms with Gasteiger partial charge in [0.2, 0.25) is 10.1 Å².